The highest BCUT2D eigenvalue weighted by Crippen LogP contribution is 2.24. The molecule has 18 heavy (non-hydrogen) atoms. The molecule has 0 aliphatic rings. The molecule has 0 bridgehead atoms. The molecule has 0 unspecified atom stereocenters. The van der Waals surface area contributed by atoms with E-state index in [2.05, 4.69) is 9.46 Å². The molecule has 0 atom stereocenters. The minimum Gasteiger partial charge on any atom is -0.452 e. The van der Waals surface area contributed by atoms with Gasteiger partial charge in [-0.25, -0.2) is 9.52 Å². The summed E-state index contributed by atoms with van der Waals surface area (Å²) in [6.07, 6.45) is -1.07. The Morgan fingerprint density at radius 3 is 2.50 bits per heavy atom. The first-order chi connectivity index (χ1) is 8.26. The van der Waals surface area contributed by atoms with E-state index in [1.165, 1.54) is 0 Å². The van der Waals surface area contributed by atoms with Crippen LogP contribution in [0.5, 0.6) is 0 Å². The number of ether oxygens (including phenoxy) is 1. The molecule has 0 aliphatic carbocycles. The van der Waals surface area contributed by atoms with Crippen LogP contribution in [0.4, 0.5) is 16.2 Å². The molecule has 0 aliphatic heterocycles. The molecule has 0 fully saturated rings. The quantitative estimate of drug-likeness (QED) is 0.708. The number of benzene rings is 1. The molecule has 1 amide bonds. The van der Waals surface area contributed by atoms with Crippen LogP contribution in [0.2, 0.25) is 0 Å². The number of anilines is 2. The highest BCUT2D eigenvalue weighted by Gasteiger charge is 2.16. The smallest absolute Gasteiger partial charge is 0.422 e. The zero-order chi connectivity index (χ0) is 13.9. The lowest BCUT2D eigenvalue weighted by atomic mass is 10.1. The van der Waals surface area contributed by atoms with Gasteiger partial charge in [0.05, 0.1) is 12.8 Å². The molecular weight excluding hydrogens is 258 g/mol. The number of rotatable bonds is 3. The second kappa shape index (κ2) is 5.13. The van der Waals surface area contributed by atoms with Crippen LogP contribution < -0.4 is 15.2 Å². The topological polar surface area (TPSA) is 111 Å². The van der Waals surface area contributed by atoms with Crippen LogP contribution in [-0.4, -0.2) is 21.6 Å². The number of nitrogen functional groups attached to an aromatic ring is 1. The maximum atomic E-state index is 11.6. The van der Waals surface area contributed by atoms with Crippen molar-refractivity contribution in [1.29, 1.82) is 0 Å². The van der Waals surface area contributed by atoms with Gasteiger partial charge in [0.15, 0.2) is 0 Å². The van der Waals surface area contributed by atoms with Gasteiger partial charge in [-0.05, 0) is 31.0 Å². The molecule has 0 spiro atoms. The summed E-state index contributed by atoms with van der Waals surface area (Å²) in [6, 6.07) is 3.25. The maximum absolute atomic E-state index is 11.6. The van der Waals surface area contributed by atoms with E-state index in [-0.39, 0.29) is 0 Å². The van der Waals surface area contributed by atoms with Crippen LogP contribution in [0.15, 0.2) is 12.1 Å². The van der Waals surface area contributed by atoms with Gasteiger partial charge in [-0.15, -0.1) is 0 Å². The van der Waals surface area contributed by atoms with Crippen LogP contribution in [0.3, 0.4) is 0 Å². The van der Waals surface area contributed by atoms with Crippen molar-refractivity contribution >= 4 is 27.7 Å². The fourth-order valence-corrected chi connectivity index (χ4v) is 2.16. The van der Waals surface area contributed by atoms with Gasteiger partial charge in [0, 0.05) is 5.69 Å². The molecule has 1 aromatic rings. The molecule has 0 heterocycles. The summed E-state index contributed by atoms with van der Waals surface area (Å²) >= 11 is 0. The van der Waals surface area contributed by atoms with E-state index in [1.807, 2.05) is 6.92 Å². The van der Waals surface area contributed by atoms with E-state index in [0.29, 0.717) is 16.9 Å². The Bertz CT molecular complexity index is 569. The monoisotopic (exact) mass is 273 g/mol. The summed E-state index contributed by atoms with van der Waals surface area (Å²) in [7, 11) is -2.96. The molecule has 0 aromatic heterocycles. The van der Waals surface area contributed by atoms with Crippen LogP contribution in [0.25, 0.3) is 0 Å². The molecule has 100 valence electrons. The fourth-order valence-electron chi connectivity index (χ4n) is 1.30. The second-order valence-electron chi connectivity index (χ2n) is 3.67. The molecule has 1 aromatic carbocycles. The number of aryl methyl sites for hydroxylation is 1. The van der Waals surface area contributed by atoms with Crippen molar-refractivity contribution in [3.63, 3.8) is 0 Å². The van der Waals surface area contributed by atoms with Gasteiger partial charge in [-0.2, -0.15) is 8.42 Å². The lowest BCUT2D eigenvalue weighted by Crippen LogP contribution is -2.35. The van der Waals surface area contributed by atoms with Gasteiger partial charge in [0.1, 0.15) is 0 Å². The van der Waals surface area contributed by atoms with Crippen molar-refractivity contribution < 1.29 is 17.9 Å². The molecule has 7 nitrogen and oxygen atoms in total. The second-order valence-corrected chi connectivity index (χ2v) is 5.08. The normalized spacial score (nSPS) is 10.8. The van der Waals surface area contributed by atoms with Crippen molar-refractivity contribution in [1.82, 2.24) is 4.72 Å². The Morgan fingerprint density at radius 1 is 1.33 bits per heavy atom. The molecule has 0 saturated heterocycles. The van der Waals surface area contributed by atoms with E-state index in [4.69, 9.17) is 5.73 Å². The molecule has 0 saturated carbocycles. The highest BCUT2D eigenvalue weighted by molar-refractivity contribution is 7.91. The maximum Gasteiger partial charge on any atom is 0.422 e. The summed E-state index contributed by atoms with van der Waals surface area (Å²) in [5, 5.41) is 0. The number of carbonyl (C=O) groups is 1. The molecule has 4 N–H and O–H groups in total. The minimum absolute atomic E-state index is 0.300. The zero-order valence-electron chi connectivity index (χ0n) is 10.3. The first-order valence-electron chi connectivity index (χ1n) is 5.01. The van der Waals surface area contributed by atoms with E-state index < -0.39 is 16.3 Å². The fraction of sp³-hybridized carbons (Fsp3) is 0.300. The first-order valence-corrected chi connectivity index (χ1v) is 6.49. The third-order valence-electron chi connectivity index (χ3n) is 2.38. The Morgan fingerprint density at radius 2 is 1.94 bits per heavy atom. The van der Waals surface area contributed by atoms with Crippen molar-refractivity contribution in [2.24, 2.45) is 0 Å². The number of hydrogen-bond acceptors (Lipinski definition) is 5. The molecule has 1 rings (SSSR count). The van der Waals surface area contributed by atoms with Gasteiger partial charge in [0.2, 0.25) is 0 Å². The number of amides is 1. The lowest BCUT2D eigenvalue weighted by molar-refractivity contribution is 0.177. The van der Waals surface area contributed by atoms with Gasteiger partial charge < -0.3 is 10.5 Å². The zero-order valence-corrected chi connectivity index (χ0v) is 11.1. The van der Waals surface area contributed by atoms with Crippen molar-refractivity contribution in [2.75, 3.05) is 17.6 Å². The molecular formula is C10H15N3O4S. The predicted molar refractivity (Wildman–Crippen MR) is 68.4 cm³/mol. The standard InChI is InChI=1S/C10H15N3O4S/c1-6-4-5-8(7(2)9(6)11)12-18(15,16)13-10(14)17-3/h4-5,12H,11H2,1-3H3,(H,13,14). The Balaban J connectivity index is 2.98. The van der Waals surface area contributed by atoms with E-state index in [1.54, 1.807) is 23.8 Å². The van der Waals surface area contributed by atoms with Crippen molar-refractivity contribution in [3.8, 4) is 0 Å². The Labute approximate surface area is 106 Å². The molecule has 8 heteroatoms. The summed E-state index contributed by atoms with van der Waals surface area (Å²) < 4.78 is 31.2. The molecule has 0 radical (unpaired) electrons. The minimum atomic E-state index is -4.03. The third-order valence-corrected chi connectivity index (χ3v) is 3.30. The number of hydrogen-bond donors (Lipinski definition) is 3. The van der Waals surface area contributed by atoms with Crippen LogP contribution in [0, 0.1) is 13.8 Å². The van der Waals surface area contributed by atoms with E-state index >= 15 is 0 Å². The number of nitrogens with one attached hydrogen (secondary N) is 2. The predicted octanol–water partition coefficient (Wildman–Crippen LogP) is 0.898. The lowest BCUT2D eigenvalue weighted by Gasteiger charge is -2.13. The first kappa shape index (κ1) is 14.1. The third kappa shape index (κ3) is 3.27. The van der Waals surface area contributed by atoms with Gasteiger partial charge in [-0.1, -0.05) is 6.07 Å². The largest absolute Gasteiger partial charge is 0.452 e. The summed E-state index contributed by atoms with van der Waals surface area (Å²) in [5.74, 6) is 0. The van der Waals surface area contributed by atoms with Gasteiger partial charge in [0.25, 0.3) is 0 Å². The summed E-state index contributed by atoms with van der Waals surface area (Å²) in [5.41, 5.74) is 8.01. The van der Waals surface area contributed by atoms with E-state index in [9.17, 15) is 13.2 Å². The van der Waals surface area contributed by atoms with Crippen LogP contribution in [-0.2, 0) is 14.9 Å². The summed E-state index contributed by atoms with van der Waals surface area (Å²) in [4.78, 5) is 10.8. The Kier molecular flexibility index (Phi) is 4.02. The Hall–Kier alpha value is -1.96. The van der Waals surface area contributed by atoms with E-state index in [0.717, 1.165) is 12.7 Å². The number of nitrogens with two attached hydrogens (primary N) is 1. The average Bonchev–Trinajstić information content (AvgIpc) is 2.29. The van der Waals surface area contributed by atoms with Crippen LogP contribution in [0.1, 0.15) is 11.1 Å². The van der Waals surface area contributed by atoms with Crippen molar-refractivity contribution in [3.05, 3.63) is 23.3 Å². The van der Waals surface area contributed by atoms with Crippen LogP contribution >= 0.6 is 0 Å². The number of methoxy groups -OCH3 is 1. The SMILES string of the molecule is COC(=O)NS(=O)(=O)Nc1ccc(C)c(N)c1C. The highest BCUT2D eigenvalue weighted by atomic mass is 32.2. The number of carbonyl (C=O) groups excluding carboxylic acids is 1. The average molecular weight is 273 g/mol. The van der Waals surface area contributed by atoms with Crippen molar-refractivity contribution in [2.45, 2.75) is 13.8 Å². The van der Waals surface area contributed by atoms with Gasteiger partial charge >= 0.3 is 16.3 Å². The van der Waals surface area contributed by atoms with Gasteiger partial charge in [-0.3, -0.25) is 4.72 Å². The summed E-state index contributed by atoms with van der Waals surface area (Å²) in [6.45, 7) is 3.49.